The molecule has 0 aliphatic heterocycles. The van der Waals surface area contributed by atoms with Crippen LogP contribution >= 0.6 is 0 Å². The molecule has 0 amide bonds. The Bertz CT molecular complexity index is 123. The SMILES string of the molecule is CCCCOC(=O)C(CN)CO. The second-order valence-corrected chi connectivity index (χ2v) is 2.64. The van der Waals surface area contributed by atoms with E-state index in [0.717, 1.165) is 12.8 Å². The van der Waals surface area contributed by atoms with Crippen LogP contribution in [0.3, 0.4) is 0 Å². The van der Waals surface area contributed by atoms with E-state index in [9.17, 15) is 4.79 Å². The fourth-order valence-corrected chi connectivity index (χ4v) is 0.680. The Kier molecular flexibility index (Phi) is 6.70. The van der Waals surface area contributed by atoms with Crippen LogP contribution in [0, 0.1) is 5.92 Å². The van der Waals surface area contributed by atoms with Gasteiger partial charge in [-0.3, -0.25) is 4.79 Å². The largest absolute Gasteiger partial charge is 0.465 e. The molecule has 0 aliphatic carbocycles. The van der Waals surface area contributed by atoms with Crippen molar-refractivity contribution in [2.24, 2.45) is 11.7 Å². The predicted octanol–water partition coefficient (Wildman–Crippen LogP) is -0.103. The van der Waals surface area contributed by atoms with E-state index in [-0.39, 0.29) is 13.2 Å². The third kappa shape index (κ3) is 4.31. The number of rotatable bonds is 6. The van der Waals surface area contributed by atoms with Gasteiger partial charge in [-0.05, 0) is 6.42 Å². The summed E-state index contributed by atoms with van der Waals surface area (Å²) >= 11 is 0. The van der Waals surface area contributed by atoms with E-state index in [1.165, 1.54) is 0 Å². The molecule has 72 valence electrons. The van der Waals surface area contributed by atoms with Gasteiger partial charge in [-0.1, -0.05) is 13.3 Å². The van der Waals surface area contributed by atoms with E-state index in [4.69, 9.17) is 15.6 Å². The molecular weight excluding hydrogens is 158 g/mol. The topological polar surface area (TPSA) is 72.5 Å². The second-order valence-electron chi connectivity index (χ2n) is 2.64. The fourth-order valence-electron chi connectivity index (χ4n) is 0.680. The van der Waals surface area contributed by atoms with Crippen molar-refractivity contribution >= 4 is 5.97 Å². The normalized spacial score (nSPS) is 12.6. The molecule has 0 bridgehead atoms. The van der Waals surface area contributed by atoms with Gasteiger partial charge in [0.05, 0.1) is 19.1 Å². The summed E-state index contributed by atoms with van der Waals surface area (Å²) in [6, 6.07) is 0. The molecule has 0 aromatic rings. The van der Waals surface area contributed by atoms with Gasteiger partial charge in [0.25, 0.3) is 0 Å². The molecule has 1 unspecified atom stereocenters. The lowest BCUT2D eigenvalue weighted by Gasteiger charge is -2.10. The van der Waals surface area contributed by atoms with Gasteiger partial charge < -0.3 is 15.6 Å². The van der Waals surface area contributed by atoms with Crippen molar-refractivity contribution in [2.45, 2.75) is 19.8 Å². The number of ether oxygens (including phenoxy) is 1. The van der Waals surface area contributed by atoms with E-state index in [2.05, 4.69) is 0 Å². The predicted molar refractivity (Wildman–Crippen MR) is 45.5 cm³/mol. The Hall–Kier alpha value is -0.610. The lowest BCUT2D eigenvalue weighted by atomic mass is 10.2. The quantitative estimate of drug-likeness (QED) is 0.436. The molecule has 0 rings (SSSR count). The van der Waals surface area contributed by atoms with Crippen LogP contribution in [0.2, 0.25) is 0 Å². The van der Waals surface area contributed by atoms with Crippen molar-refractivity contribution < 1.29 is 14.6 Å². The maximum atomic E-state index is 11.0. The molecule has 0 saturated heterocycles. The molecular formula is C8H17NO3. The Morgan fingerprint density at radius 3 is 2.75 bits per heavy atom. The summed E-state index contributed by atoms with van der Waals surface area (Å²) < 4.78 is 4.85. The number of esters is 1. The highest BCUT2D eigenvalue weighted by Gasteiger charge is 2.16. The number of hydrogen-bond donors (Lipinski definition) is 2. The minimum Gasteiger partial charge on any atom is -0.465 e. The maximum Gasteiger partial charge on any atom is 0.312 e. The summed E-state index contributed by atoms with van der Waals surface area (Å²) in [6.45, 7) is 2.34. The summed E-state index contributed by atoms with van der Waals surface area (Å²) in [5.74, 6) is -0.949. The van der Waals surface area contributed by atoms with Gasteiger partial charge in [0.2, 0.25) is 0 Å². The fraction of sp³-hybridized carbons (Fsp3) is 0.875. The van der Waals surface area contributed by atoms with E-state index in [0.29, 0.717) is 6.61 Å². The van der Waals surface area contributed by atoms with Crippen LogP contribution in [0.25, 0.3) is 0 Å². The zero-order valence-corrected chi connectivity index (χ0v) is 7.45. The van der Waals surface area contributed by atoms with E-state index in [1.807, 2.05) is 6.92 Å². The third-order valence-electron chi connectivity index (χ3n) is 1.58. The zero-order chi connectivity index (χ0) is 9.40. The minimum absolute atomic E-state index is 0.140. The minimum atomic E-state index is -0.554. The summed E-state index contributed by atoms with van der Waals surface area (Å²) in [5, 5.41) is 8.67. The number of aliphatic hydroxyl groups is 1. The standard InChI is InChI=1S/C8H17NO3/c1-2-3-4-12-8(11)7(5-9)6-10/h7,10H,2-6,9H2,1H3. The average molecular weight is 175 g/mol. The molecule has 0 spiro atoms. The molecule has 4 heteroatoms. The number of carbonyl (C=O) groups excluding carboxylic acids is 1. The van der Waals surface area contributed by atoms with Gasteiger partial charge in [0, 0.05) is 6.54 Å². The zero-order valence-electron chi connectivity index (χ0n) is 7.45. The van der Waals surface area contributed by atoms with Crippen molar-refractivity contribution in [1.82, 2.24) is 0 Å². The number of hydrogen-bond acceptors (Lipinski definition) is 4. The van der Waals surface area contributed by atoms with Crippen molar-refractivity contribution in [3.05, 3.63) is 0 Å². The van der Waals surface area contributed by atoms with Crippen LogP contribution < -0.4 is 5.73 Å². The Balaban J connectivity index is 3.54. The van der Waals surface area contributed by atoms with Gasteiger partial charge >= 0.3 is 5.97 Å². The van der Waals surface area contributed by atoms with Crippen LogP contribution in [0.5, 0.6) is 0 Å². The lowest BCUT2D eigenvalue weighted by molar-refractivity contribution is -0.149. The van der Waals surface area contributed by atoms with Crippen molar-refractivity contribution in [3.63, 3.8) is 0 Å². The molecule has 0 fully saturated rings. The van der Waals surface area contributed by atoms with Crippen LogP contribution in [0.1, 0.15) is 19.8 Å². The molecule has 3 N–H and O–H groups in total. The van der Waals surface area contributed by atoms with Gasteiger partial charge in [0.15, 0.2) is 0 Å². The smallest absolute Gasteiger partial charge is 0.312 e. The Morgan fingerprint density at radius 1 is 1.67 bits per heavy atom. The molecule has 12 heavy (non-hydrogen) atoms. The van der Waals surface area contributed by atoms with E-state index in [1.54, 1.807) is 0 Å². The second kappa shape index (κ2) is 7.06. The van der Waals surface area contributed by atoms with Crippen molar-refractivity contribution in [1.29, 1.82) is 0 Å². The van der Waals surface area contributed by atoms with E-state index >= 15 is 0 Å². The average Bonchev–Trinajstić information content (AvgIpc) is 2.07. The van der Waals surface area contributed by atoms with Crippen LogP contribution in [-0.4, -0.2) is 30.8 Å². The van der Waals surface area contributed by atoms with Crippen LogP contribution in [0.15, 0.2) is 0 Å². The van der Waals surface area contributed by atoms with Crippen molar-refractivity contribution in [3.8, 4) is 0 Å². The molecule has 0 aliphatic rings. The molecule has 0 saturated carbocycles. The Morgan fingerprint density at radius 2 is 2.33 bits per heavy atom. The monoisotopic (exact) mass is 175 g/mol. The molecule has 1 atom stereocenters. The highest BCUT2D eigenvalue weighted by atomic mass is 16.5. The van der Waals surface area contributed by atoms with Crippen molar-refractivity contribution in [2.75, 3.05) is 19.8 Å². The first-order valence-electron chi connectivity index (χ1n) is 4.23. The first-order chi connectivity index (χ1) is 5.76. The van der Waals surface area contributed by atoms with Crippen LogP contribution in [0.4, 0.5) is 0 Å². The molecule has 0 aromatic carbocycles. The summed E-state index contributed by atoms with van der Waals surface area (Å²) in [7, 11) is 0. The number of aliphatic hydroxyl groups excluding tert-OH is 1. The van der Waals surface area contributed by atoms with Gasteiger partial charge in [-0.15, -0.1) is 0 Å². The third-order valence-corrected chi connectivity index (χ3v) is 1.58. The molecule has 0 aromatic heterocycles. The van der Waals surface area contributed by atoms with Gasteiger partial charge in [-0.25, -0.2) is 0 Å². The first kappa shape index (κ1) is 11.4. The molecule has 4 nitrogen and oxygen atoms in total. The molecule has 0 radical (unpaired) electrons. The number of unbranched alkanes of at least 4 members (excludes halogenated alkanes) is 1. The first-order valence-corrected chi connectivity index (χ1v) is 4.23. The lowest BCUT2D eigenvalue weighted by Crippen LogP contribution is -2.28. The summed E-state index contributed by atoms with van der Waals surface area (Å²) in [6.07, 6.45) is 1.84. The van der Waals surface area contributed by atoms with Crippen LogP contribution in [-0.2, 0) is 9.53 Å². The van der Waals surface area contributed by atoms with Gasteiger partial charge in [-0.2, -0.15) is 0 Å². The summed E-state index contributed by atoms with van der Waals surface area (Å²) in [5.41, 5.74) is 5.23. The summed E-state index contributed by atoms with van der Waals surface area (Å²) in [4.78, 5) is 11.0. The number of carbonyl (C=O) groups is 1. The highest BCUT2D eigenvalue weighted by Crippen LogP contribution is 1.97. The van der Waals surface area contributed by atoms with Gasteiger partial charge in [0.1, 0.15) is 0 Å². The number of nitrogens with two attached hydrogens (primary N) is 1. The van der Waals surface area contributed by atoms with E-state index < -0.39 is 11.9 Å². The maximum absolute atomic E-state index is 11.0. The molecule has 0 heterocycles. The Labute approximate surface area is 72.7 Å². The highest BCUT2D eigenvalue weighted by molar-refractivity contribution is 5.72.